The smallest absolute Gasteiger partial charge is 0.380 e. The Morgan fingerprint density at radius 2 is 1.91 bits per heavy atom. The molecule has 1 saturated carbocycles. The Kier molecular flexibility index (Phi) is 6.90. The Morgan fingerprint density at radius 3 is 2.57 bits per heavy atom. The van der Waals surface area contributed by atoms with Gasteiger partial charge in [-0.2, -0.15) is 18.4 Å². The monoisotopic (exact) mass is 492 g/mol. The summed E-state index contributed by atoms with van der Waals surface area (Å²) in [4.78, 5) is 12.8. The molecule has 3 saturated heterocycles. The summed E-state index contributed by atoms with van der Waals surface area (Å²) in [6.45, 7) is 1.50. The Balaban J connectivity index is 1.32. The Labute approximate surface area is 202 Å². The molecule has 4 unspecified atom stereocenters. The SMILES string of the molecule is N#C[C@H]1CCOC[C@@H]1N1NC(Nc2ccc(C(NC3CCC3)C(F)(F)F)cc2)C2C(=O)NCCC21. The maximum absolute atomic E-state index is 13.7. The lowest BCUT2D eigenvalue weighted by atomic mass is 9.88. The first-order valence-corrected chi connectivity index (χ1v) is 12.3. The fourth-order valence-electron chi connectivity index (χ4n) is 5.59. The fraction of sp³-hybridized carbons (Fsp3) is 0.667. The van der Waals surface area contributed by atoms with Gasteiger partial charge in [-0.05, 0) is 43.4 Å². The van der Waals surface area contributed by atoms with Crippen LogP contribution in [0.2, 0.25) is 0 Å². The molecular weight excluding hydrogens is 461 g/mol. The summed E-state index contributed by atoms with van der Waals surface area (Å²) < 4.78 is 46.7. The molecule has 11 heteroatoms. The van der Waals surface area contributed by atoms with Crippen LogP contribution in [0.4, 0.5) is 18.9 Å². The van der Waals surface area contributed by atoms with E-state index in [1.165, 1.54) is 12.1 Å². The van der Waals surface area contributed by atoms with Crippen molar-refractivity contribution in [2.75, 3.05) is 25.1 Å². The van der Waals surface area contributed by atoms with Crippen molar-refractivity contribution in [3.63, 3.8) is 0 Å². The number of benzene rings is 1. The van der Waals surface area contributed by atoms with Crippen LogP contribution >= 0.6 is 0 Å². The molecule has 6 atom stereocenters. The summed E-state index contributed by atoms with van der Waals surface area (Å²) in [5, 5.41) is 20.6. The molecule has 1 aliphatic carbocycles. The molecular formula is C24H31F3N6O2. The molecule has 0 spiro atoms. The first-order chi connectivity index (χ1) is 16.8. The van der Waals surface area contributed by atoms with Crippen LogP contribution in [0.15, 0.2) is 24.3 Å². The third-order valence-electron chi connectivity index (χ3n) is 7.71. The topological polar surface area (TPSA) is 101 Å². The van der Waals surface area contributed by atoms with Crippen molar-refractivity contribution in [2.45, 2.75) is 68.6 Å². The van der Waals surface area contributed by atoms with Crippen molar-refractivity contribution in [3.05, 3.63) is 29.8 Å². The number of carbonyl (C=O) groups excluding carboxylic acids is 1. The Hall–Kier alpha value is -2.39. The molecule has 0 bridgehead atoms. The normalized spacial score (nSPS) is 32.7. The highest BCUT2D eigenvalue weighted by Crippen LogP contribution is 2.37. The number of nitrogens with one attached hydrogen (secondary N) is 4. The van der Waals surface area contributed by atoms with E-state index in [1.54, 1.807) is 12.1 Å². The van der Waals surface area contributed by atoms with E-state index in [4.69, 9.17) is 4.74 Å². The van der Waals surface area contributed by atoms with Gasteiger partial charge in [0.05, 0.1) is 30.6 Å². The number of alkyl halides is 3. The van der Waals surface area contributed by atoms with E-state index in [1.807, 2.05) is 5.01 Å². The molecule has 4 N–H and O–H groups in total. The number of amides is 1. The van der Waals surface area contributed by atoms with Crippen molar-refractivity contribution in [1.29, 1.82) is 5.26 Å². The zero-order valence-electron chi connectivity index (χ0n) is 19.4. The molecule has 190 valence electrons. The van der Waals surface area contributed by atoms with E-state index < -0.39 is 24.3 Å². The Morgan fingerprint density at radius 1 is 1.14 bits per heavy atom. The van der Waals surface area contributed by atoms with E-state index in [-0.39, 0.29) is 35.5 Å². The predicted octanol–water partition coefficient (Wildman–Crippen LogP) is 2.42. The summed E-state index contributed by atoms with van der Waals surface area (Å²) in [6, 6.07) is 6.50. The van der Waals surface area contributed by atoms with E-state index in [0.29, 0.717) is 31.9 Å². The lowest BCUT2D eigenvalue weighted by molar-refractivity contribution is -0.161. The molecule has 4 fully saturated rings. The van der Waals surface area contributed by atoms with Gasteiger partial charge in [0.1, 0.15) is 12.2 Å². The van der Waals surface area contributed by atoms with Crippen molar-refractivity contribution >= 4 is 11.6 Å². The molecule has 5 rings (SSSR count). The molecule has 1 amide bonds. The largest absolute Gasteiger partial charge is 0.407 e. The van der Waals surface area contributed by atoms with Gasteiger partial charge >= 0.3 is 6.18 Å². The second kappa shape index (κ2) is 9.93. The van der Waals surface area contributed by atoms with Gasteiger partial charge < -0.3 is 15.4 Å². The van der Waals surface area contributed by atoms with E-state index >= 15 is 0 Å². The number of rotatable bonds is 6. The van der Waals surface area contributed by atoms with Gasteiger partial charge in [0.15, 0.2) is 0 Å². The summed E-state index contributed by atoms with van der Waals surface area (Å²) in [5.41, 5.74) is 4.17. The van der Waals surface area contributed by atoms with Crippen LogP contribution in [0.5, 0.6) is 0 Å². The highest BCUT2D eigenvalue weighted by atomic mass is 19.4. The van der Waals surface area contributed by atoms with Crippen LogP contribution in [0.1, 0.15) is 43.7 Å². The van der Waals surface area contributed by atoms with Crippen LogP contribution in [0, 0.1) is 23.2 Å². The quantitative estimate of drug-likeness (QED) is 0.484. The minimum atomic E-state index is -4.38. The zero-order chi connectivity index (χ0) is 24.6. The van der Waals surface area contributed by atoms with Crippen LogP contribution < -0.4 is 21.4 Å². The number of ether oxygens (including phenoxy) is 1. The average molecular weight is 493 g/mol. The number of hydrogen-bond acceptors (Lipinski definition) is 7. The minimum Gasteiger partial charge on any atom is -0.380 e. The third-order valence-corrected chi connectivity index (χ3v) is 7.71. The second-order valence-corrected chi connectivity index (χ2v) is 9.89. The zero-order valence-corrected chi connectivity index (χ0v) is 19.4. The Bertz CT molecular complexity index is 948. The number of hydrazine groups is 1. The van der Waals surface area contributed by atoms with Gasteiger partial charge in [0, 0.05) is 30.9 Å². The molecule has 35 heavy (non-hydrogen) atoms. The number of anilines is 1. The van der Waals surface area contributed by atoms with Crippen LogP contribution in [-0.4, -0.2) is 61.1 Å². The average Bonchev–Trinajstić information content (AvgIpc) is 3.17. The molecule has 0 aromatic heterocycles. The van der Waals surface area contributed by atoms with Gasteiger partial charge in [-0.15, -0.1) is 0 Å². The lowest BCUT2D eigenvalue weighted by Gasteiger charge is -2.39. The standard InChI is InChI=1S/C24H31F3N6O2/c25-24(26,27)21(30-16-2-1-3-16)14-4-6-17(7-5-14)31-22-20-18(8-10-29-23(20)34)33(32-22)19-13-35-11-9-15(19)12-28/h4-7,15-16,18-22,30-32H,1-3,8-11,13H2,(H,29,34)/t15-,18?,19+,20?,21?,22?/m1/s1. The number of carbonyl (C=O) groups is 1. The van der Waals surface area contributed by atoms with Gasteiger partial charge in [-0.1, -0.05) is 18.6 Å². The van der Waals surface area contributed by atoms with Gasteiger partial charge in [-0.3, -0.25) is 10.1 Å². The third kappa shape index (κ3) is 4.98. The summed E-state index contributed by atoms with van der Waals surface area (Å²) >= 11 is 0. The fourth-order valence-corrected chi connectivity index (χ4v) is 5.59. The number of nitrogens with zero attached hydrogens (tertiary/aromatic N) is 2. The molecule has 8 nitrogen and oxygen atoms in total. The van der Waals surface area contributed by atoms with Gasteiger partial charge in [0.2, 0.25) is 5.91 Å². The van der Waals surface area contributed by atoms with E-state index in [0.717, 1.165) is 25.7 Å². The molecule has 3 aliphatic heterocycles. The first-order valence-electron chi connectivity index (χ1n) is 12.3. The number of piperidine rings is 1. The van der Waals surface area contributed by atoms with Gasteiger partial charge in [-0.25, -0.2) is 10.4 Å². The van der Waals surface area contributed by atoms with E-state index in [2.05, 4.69) is 27.4 Å². The van der Waals surface area contributed by atoms with Crippen LogP contribution in [0.25, 0.3) is 0 Å². The maximum atomic E-state index is 13.7. The summed E-state index contributed by atoms with van der Waals surface area (Å²) in [7, 11) is 0. The summed E-state index contributed by atoms with van der Waals surface area (Å²) in [5.74, 6) is -0.701. The highest BCUT2D eigenvalue weighted by Gasteiger charge is 2.51. The number of halogens is 3. The van der Waals surface area contributed by atoms with Crippen molar-refractivity contribution in [3.8, 4) is 6.07 Å². The second-order valence-electron chi connectivity index (χ2n) is 9.89. The maximum Gasteiger partial charge on any atom is 0.407 e. The molecule has 1 aromatic rings. The van der Waals surface area contributed by atoms with Crippen molar-refractivity contribution in [2.24, 2.45) is 11.8 Å². The first kappa shape index (κ1) is 24.3. The number of nitriles is 1. The molecule has 0 radical (unpaired) electrons. The lowest BCUT2D eigenvalue weighted by Crippen LogP contribution is -2.56. The van der Waals surface area contributed by atoms with Crippen molar-refractivity contribution < 1.29 is 22.7 Å². The number of hydrogen-bond donors (Lipinski definition) is 4. The van der Waals surface area contributed by atoms with Crippen molar-refractivity contribution in [1.82, 2.24) is 21.1 Å². The minimum absolute atomic E-state index is 0.0857. The molecule has 3 heterocycles. The van der Waals surface area contributed by atoms with Crippen LogP contribution in [0.3, 0.4) is 0 Å². The van der Waals surface area contributed by atoms with Gasteiger partial charge in [0.25, 0.3) is 0 Å². The van der Waals surface area contributed by atoms with E-state index in [9.17, 15) is 23.2 Å². The molecule has 4 aliphatic rings. The highest BCUT2D eigenvalue weighted by molar-refractivity contribution is 5.82. The molecule has 1 aromatic carbocycles. The number of fused-ring (bicyclic) bond motifs is 1. The predicted molar refractivity (Wildman–Crippen MR) is 122 cm³/mol. The van der Waals surface area contributed by atoms with Crippen LogP contribution in [-0.2, 0) is 9.53 Å². The summed E-state index contributed by atoms with van der Waals surface area (Å²) in [6.07, 6.45) is -0.996.